The lowest BCUT2D eigenvalue weighted by Gasteiger charge is -2.10. The fourth-order valence-corrected chi connectivity index (χ4v) is 2.05. The number of benzene rings is 1. The summed E-state index contributed by atoms with van der Waals surface area (Å²) in [5.41, 5.74) is 0.440. The van der Waals surface area contributed by atoms with Gasteiger partial charge in [-0.15, -0.1) is 0 Å². The van der Waals surface area contributed by atoms with E-state index in [2.05, 4.69) is 10.4 Å². The van der Waals surface area contributed by atoms with E-state index in [0.717, 1.165) is 5.75 Å². The SMILES string of the molecule is CC(C)Oc1ccc(C(=O)NCCCn2ncccc2=O)cc1. The van der Waals surface area contributed by atoms with Crippen LogP contribution in [0.4, 0.5) is 0 Å². The zero-order chi connectivity index (χ0) is 16.7. The van der Waals surface area contributed by atoms with Crippen molar-refractivity contribution < 1.29 is 9.53 Å². The van der Waals surface area contributed by atoms with Gasteiger partial charge < -0.3 is 10.1 Å². The molecular formula is C17H21N3O3. The first-order chi connectivity index (χ1) is 11.1. The molecular weight excluding hydrogens is 294 g/mol. The Morgan fingerprint density at radius 3 is 2.65 bits per heavy atom. The lowest BCUT2D eigenvalue weighted by molar-refractivity contribution is 0.0952. The Balaban J connectivity index is 1.78. The van der Waals surface area contributed by atoms with E-state index in [9.17, 15) is 9.59 Å². The number of ether oxygens (including phenoxy) is 1. The van der Waals surface area contributed by atoms with E-state index in [1.165, 1.54) is 10.7 Å². The van der Waals surface area contributed by atoms with E-state index in [1.807, 2.05) is 13.8 Å². The molecule has 23 heavy (non-hydrogen) atoms. The molecule has 0 aliphatic carbocycles. The van der Waals surface area contributed by atoms with Gasteiger partial charge in [-0.1, -0.05) is 0 Å². The standard InChI is InChI=1S/C17H21N3O3/c1-13(2)23-15-8-6-14(7-9-15)17(22)18-10-4-12-20-16(21)5-3-11-19-20/h3,5-9,11,13H,4,10,12H2,1-2H3,(H,18,22). The van der Waals surface area contributed by atoms with Crippen molar-refractivity contribution in [2.45, 2.75) is 32.9 Å². The third-order valence-corrected chi connectivity index (χ3v) is 3.11. The molecule has 0 radical (unpaired) electrons. The van der Waals surface area contributed by atoms with Crippen LogP contribution in [0.5, 0.6) is 5.75 Å². The van der Waals surface area contributed by atoms with Gasteiger partial charge in [-0.25, -0.2) is 4.68 Å². The van der Waals surface area contributed by atoms with E-state index in [1.54, 1.807) is 36.5 Å². The molecule has 0 aliphatic heterocycles. The highest BCUT2D eigenvalue weighted by Crippen LogP contribution is 2.13. The zero-order valence-corrected chi connectivity index (χ0v) is 13.4. The maximum Gasteiger partial charge on any atom is 0.266 e. The summed E-state index contributed by atoms with van der Waals surface area (Å²) in [6.45, 7) is 4.86. The fourth-order valence-electron chi connectivity index (χ4n) is 2.05. The summed E-state index contributed by atoms with van der Waals surface area (Å²) in [6.07, 6.45) is 2.31. The Kier molecular flexibility index (Phi) is 5.91. The Bertz CT molecular complexity index is 693. The van der Waals surface area contributed by atoms with Crippen molar-refractivity contribution in [2.24, 2.45) is 0 Å². The quantitative estimate of drug-likeness (QED) is 0.791. The van der Waals surface area contributed by atoms with Crippen LogP contribution >= 0.6 is 0 Å². The van der Waals surface area contributed by atoms with Crippen molar-refractivity contribution in [2.75, 3.05) is 6.54 Å². The summed E-state index contributed by atoms with van der Waals surface area (Å²) in [5.74, 6) is 0.598. The van der Waals surface area contributed by atoms with Gasteiger partial charge in [0.2, 0.25) is 0 Å². The number of nitrogens with one attached hydrogen (secondary N) is 1. The molecule has 122 valence electrons. The highest BCUT2D eigenvalue weighted by atomic mass is 16.5. The largest absolute Gasteiger partial charge is 0.491 e. The molecule has 0 aliphatic rings. The predicted molar refractivity (Wildman–Crippen MR) is 87.7 cm³/mol. The maximum atomic E-state index is 12.0. The van der Waals surface area contributed by atoms with Crippen LogP contribution in [-0.4, -0.2) is 28.3 Å². The Labute approximate surface area is 135 Å². The molecule has 0 spiro atoms. The highest BCUT2D eigenvalue weighted by Gasteiger charge is 2.06. The van der Waals surface area contributed by atoms with Crippen LogP contribution in [-0.2, 0) is 6.54 Å². The van der Waals surface area contributed by atoms with Crippen LogP contribution < -0.4 is 15.6 Å². The van der Waals surface area contributed by atoms with Crippen LogP contribution in [0.2, 0.25) is 0 Å². The second kappa shape index (κ2) is 8.12. The maximum absolute atomic E-state index is 12.0. The van der Waals surface area contributed by atoms with E-state index < -0.39 is 0 Å². The molecule has 0 unspecified atom stereocenters. The van der Waals surface area contributed by atoms with E-state index in [4.69, 9.17) is 4.74 Å². The average molecular weight is 315 g/mol. The minimum Gasteiger partial charge on any atom is -0.491 e. The molecule has 1 N–H and O–H groups in total. The van der Waals surface area contributed by atoms with Crippen molar-refractivity contribution >= 4 is 5.91 Å². The second-order valence-corrected chi connectivity index (χ2v) is 5.39. The molecule has 1 amide bonds. The smallest absolute Gasteiger partial charge is 0.266 e. The monoisotopic (exact) mass is 315 g/mol. The third kappa shape index (κ3) is 5.25. The van der Waals surface area contributed by atoms with Gasteiger partial charge in [0, 0.05) is 30.9 Å². The number of aromatic nitrogens is 2. The summed E-state index contributed by atoms with van der Waals surface area (Å²) >= 11 is 0. The Morgan fingerprint density at radius 1 is 1.26 bits per heavy atom. The molecule has 0 saturated carbocycles. The first kappa shape index (κ1) is 16.7. The van der Waals surface area contributed by atoms with Gasteiger partial charge in [-0.3, -0.25) is 9.59 Å². The molecule has 1 aromatic carbocycles. The van der Waals surface area contributed by atoms with Crippen LogP contribution in [0.1, 0.15) is 30.6 Å². The van der Waals surface area contributed by atoms with E-state index >= 15 is 0 Å². The lowest BCUT2D eigenvalue weighted by Crippen LogP contribution is -2.27. The van der Waals surface area contributed by atoms with Gasteiger partial charge in [0.1, 0.15) is 5.75 Å². The number of hydrogen-bond acceptors (Lipinski definition) is 4. The third-order valence-electron chi connectivity index (χ3n) is 3.11. The number of amides is 1. The summed E-state index contributed by atoms with van der Waals surface area (Å²) < 4.78 is 6.92. The first-order valence-electron chi connectivity index (χ1n) is 7.63. The molecule has 6 heteroatoms. The van der Waals surface area contributed by atoms with Crippen molar-refractivity contribution in [3.63, 3.8) is 0 Å². The number of rotatable bonds is 7. The van der Waals surface area contributed by atoms with Crippen molar-refractivity contribution in [3.05, 3.63) is 58.5 Å². The molecule has 0 bridgehead atoms. The number of carbonyl (C=O) groups is 1. The minimum absolute atomic E-state index is 0.102. The summed E-state index contributed by atoms with van der Waals surface area (Å²) in [4.78, 5) is 23.5. The topological polar surface area (TPSA) is 73.2 Å². The van der Waals surface area contributed by atoms with Gasteiger partial charge in [0.25, 0.3) is 11.5 Å². The van der Waals surface area contributed by atoms with Crippen LogP contribution in [0, 0.1) is 0 Å². The Hall–Kier alpha value is -2.63. The zero-order valence-electron chi connectivity index (χ0n) is 13.4. The van der Waals surface area contributed by atoms with E-state index in [0.29, 0.717) is 25.1 Å². The van der Waals surface area contributed by atoms with Crippen LogP contribution in [0.25, 0.3) is 0 Å². The molecule has 1 aromatic heterocycles. The Morgan fingerprint density at radius 2 is 2.00 bits per heavy atom. The van der Waals surface area contributed by atoms with Crippen LogP contribution in [0.15, 0.2) is 47.4 Å². The fraction of sp³-hybridized carbons (Fsp3) is 0.353. The van der Waals surface area contributed by atoms with Gasteiger partial charge in [0.05, 0.1) is 6.10 Å². The highest BCUT2D eigenvalue weighted by molar-refractivity contribution is 5.94. The molecule has 0 atom stereocenters. The molecule has 0 saturated heterocycles. The summed E-state index contributed by atoms with van der Waals surface area (Å²) in [5, 5.41) is 6.79. The van der Waals surface area contributed by atoms with Gasteiger partial charge in [-0.2, -0.15) is 5.10 Å². The van der Waals surface area contributed by atoms with Gasteiger partial charge in [-0.05, 0) is 50.6 Å². The molecule has 1 heterocycles. The van der Waals surface area contributed by atoms with Crippen molar-refractivity contribution in [3.8, 4) is 5.75 Å². The summed E-state index contributed by atoms with van der Waals surface area (Å²) in [7, 11) is 0. The molecule has 2 rings (SSSR count). The summed E-state index contributed by atoms with van der Waals surface area (Å²) in [6, 6.07) is 10.1. The van der Waals surface area contributed by atoms with Gasteiger partial charge >= 0.3 is 0 Å². The number of nitrogens with zero attached hydrogens (tertiary/aromatic N) is 2. The van der Waals surface area contributed by atoms with Crippen LogP contribution in [0.3, 0.4) is 0 Å². The molecule has 6 nitrogen and oxygen atoms in total. The van der Waals surface area contributed by atoms with E-state index in [-0.39, 0.29) is 17.6 Å². The minimum atomic E-state index is -0.144. The van der Waals surface area contributed by atoms with Gasteiger partial charge in [0.15, 0.2) is 0 Å². The average Bonchev–Trinajstić information content (AvgIpc) is 2.53. The van der Waals surface area contributed by atoms with Crippen molar-refractivity contribution in [1.82, 2.24) is 15.1 Å². The second-order valence-electron chi connectivity index (χ2n) is 5.39. The number of aryl methyl sites for hydroxylation is 1. The number of hydrogen-bond donors (Lipinski definition) is 1. The predicted octanol–water partition coefficient (Wildman–Crippen LogP) is 1.85. The number of carbonyl (C=O) groups excluding carboxylic acids is 1. The van der Waals surface area contributed by atoms with Crippen molar-refractivity contribution in [1.29, 1.82) is 0 Å². The molecule has 0 fully saturated rings. The normalized spacial score (nSPS) is 10.6. The first-order valence-corrected chi connectivity index (χ1v) is 7.63. The molecule has 2 aromatic rings. The lowest BCUT2D eigenvalue weighted by atomic mass is 10.2.